The van der Waals surface area contributed by atoms with Gasteiger partial charge in [0, 0.05) is 12.1 Å². The third-order valence-corrected chi connectivity index (χ3v) is 2.07. The molecule has 3 N–H and O–H groups in total. The predicted molar refractivity (Wildman–Crippen MR) is 60.1 cm³/mol. The molecule has 0 spiro atoms. The maximum absolute atomic E-state index is 10.6. The lowest BCUT2D eigenvalue weighted by Gasteiger charge is -2.05. The van der Waals surface area contributed by atoms with E-state index >= 15 is 0 Å². The first-order chi connectivity index (χ1) is 7.15. The van der Waals surface area contributed by atoms with Crippen molar-refractivity contribution >= 4 is 23.2 Å². The van der Waals surface area contributed by atoms with Crippen LogP contribution in [-0.2, 0) is 4.74 Å². The molecule has 0 saturated heterocycles. The van der Waals surface area contributed by atoms with Crippen LogP contribution >= 0.6 is 12.2 Å². The number of carboxylic acids is 1. The van der Waals surface area contributed by atoms with E-state index in [2.05, 4.69) is 0 Å². The Morgan fingerprint density at radius 3 is 2.33 bits per heavy atom. The van der Waals surface area contributed by atoms with Crippen molar-refractivity contribution in [3.05, 3.63) is 35.4 Å². The summed E-state index contributed by atoms with van der Waals surface area (Å²) >= 11 is 4.97. The first-order valence-electron chi connectivity index (χ1n) is 4.35. The Labute approximate surface area is 92.7 Å². The zero-order valence-electron chi connectivity index (χ0n) is 7.97. The Balaban J connectivity index is 2.71. The van der Waals surface area contributed by atoms with Gasteiger partial charge in [-0.25, -0.2) is 4.79 Å². The monoisotopic (exact) mass is 225 g/mol. The molecule has 0 bridgehead atoms. The molecule has 1 aromatic rings. The van der Waals surface area contributed by atoms with Gasteiger partial charge in [-0.15, -0.1) is 0 Å². The van der Waals surface area contributed by atoms with Gasteiger partial charge in [0.05, 0.1) is 5.56 Å². The van der Waals surface area contributed by atoms with Crippen molar-refractivity contribution in [3.63, 3.8) is 0 Å². The third kappa shape index (κ3) is 3.30. The Hall–Kier alpha value is -1.46. The fraction of sp³-hybridized carbons (Fsp3) is 0.200. The van der Waals surface area contributed by atoms with Gasteiger partial charge in [-0.3, -0.25) is 0 Å². The Bertz CT molecular complexity index is 361. The van der Waals surface area contributed by atoms with Crippen LogP contribution in [0.2, 0.25) is 0 Å². The summed E-state index contributed by atoms with van der Waals surface area (Å²) in [6.45, 7) is 0.757. The molecule has 0 aliphatic carbocycles. The van der Waals surface area contributed by atoms with E-state index in [1.165, 1.54) is 12.1 Å². The minimum absolute atomic E-state index is 0.223. The van der Waals surface area contributed by atoms with Crippen molar-refractivity contribution in [1.82, 2.24) is 0 Å². The van der Waals surface area contributed by atoms with Crippen LogP contribution in [0.1, 0.15) is 15.9 Å². The van der Waals surface area contributed by atoms with Crippen molar-refractivity contribution in [2.24, 2.45) is 5.73 Å². The highest BCUT2D eigenvalue weighted by molar-refractivity contribution is 7.80. The first kappa shape index (κ1) is 11.6. The van der Waals surface area contributed by atoms with Crippen LogP contribution in [0.25, 0.3) is 0 Å². The van der Waals surface area contributed by atoms with Gasteiger partial charge in [-0.1, -0.05) is 0 Å². The van der Waals surface area contributed by atoms with Crippen LogP contribution in [-0.4, -0.2) is 29.3 Å². The van der Waals surface area contributed by atoms with Crippen LogP contribution in [0.4, 0.5) is 0 Å². The quantitative estimate of drug-likeness (QED) is 0.749. The average Bonchev–Trinajstić information content (AvgIpc) is 2.26. The van der Waals surface area contributed by atoms with Crippen LogP contribution in [0, 0.1) is 0 Å². The molecule has 4 nitrogen and oxygen atoms in total. The minimum atomic E-state index is -0.963. The molecule has 1 rings (SSSR count). The van der Waals surface area contributed by atoms with Gasteiger partial charge in [0.15, 0.2) is 5.05 Å². The predicted octanol–water partition coefficient (Wildman–Crippen LogP) is 1.04. The van der Waals surface area contributed by atoms with Gasteiger partial charge in [-0.05, 0) is 36.5 Å². The maximum Gasteiger partial charge on any atom is 0.335 e. The normalized spacial score (nSPS) is 9.67. The number of hydrogen-bond acceptors (Lipinski definition) is 4. The van der Waals surface area contributed by atoms with Crippen molar-refractivity contribution in [2.45, 2.75) is 0 Å². The summed E-state index contributed by atoms with van der Waals surface area (Å²) in [6, 6.07) is 6.19. The number of thiocarbonyl (C=S) groups is 1. The molecule has 0 amide bonds. The lowest BCUT2D eigenvalue weighted by molar-refractivity contribution is 0.0697. The molecule has 0 aromatic heterocycles. The topological polar surface area (TPSA) is 72.5 Å². The van der Waals surface area contributed by atoms with Crippen molar-refractivity contribution in [1.29, 1.82) is 0 Å². The number of carbonyl (C=O) groups is 1. The number of benzene rings is 1. The molecule has 0 aliphatic heterocycles. The molecule has 15 heavy (non-hydrogen) atoms. The number of nitrogens with two attached hydrogens (primary N) is 1. The van der Waals surface area contributed by atoms with E-state index in [1.54, 1.807) is 12.1 Å². The molecular weight excluding hydrogens is 214 g/mol. The van der Waals surface area contributed by atoms with E-state index in [0.717, 1.165) is 0 Å². The summed E-state index contributed by atoms with van der Waals surface area (Å²) in [5, 5.41) is 9.01. The van der Waals surface area contributed by atoms with E-state index in [-0.39, 0.29) is 5.56 Å². The SMILES string of the molecule is NCCOC(=S)c1ccc(C(=O)O)cc1. The smallest absolute Gasteiger partial charge is 0.335 e. The lowest BCUT2D eigenvalue weighted by Crippen LogP contribution is -2.13. The second-order valence-electron chi connectivity index (χ2n) is 2.81. The van der Waals surface area contributed by atoms with Gasteiger partial charge in [0.1, 0.15) is 6.61 Å². The summed E-state index contributed by atoms with van der Waals surface area (Å²) in [5.41, 5.74) is 6.16. The van der Waals surface area contributed by atoms with Crippen molar-refractivity contribution < 1.29 is 14.6 Å². The maximum atomic E-state index is 10.6. The molecule has 0 unspecified atom stereocenters. The second-order valence-corrected chi connectivity index (χ2v) is 3.18. The van der Waals surface area contributed by atoms with Crippen LogP contribution < -0.4 is 5.73 Å². The molecule has 5 heteroatoms. The highest BCUT2D eigenvalue weighted by Crippen LogP contribution is 2.06. The zero-order valence-corrected chi connectivity index (χ0v) is 8.79. The van der Waals surface area contributed by atoms with Gasteiger partial charge in [0.25, 0.3) is 0 Å². The molecule has 0 aliphatic rings. The second kappa shape index (κ2) is 5.43. The Morgan fingerprint density at radius 1 is 1.33 bits per heavy atom. The zero-order chi connectivity index (χ0) is 11.3. The van der Waals surface area contributed by atoms with Gasteiger partial charge >= 0.3 is 5.97 Å². The minimum Gasteiger partial charge on any atom is -0.482 e. The number of ether oxygens (including phenoxy) is 1. The van der Waals surface area contributed by atoms with E-state index < -0.39 is 5.97 Å². The molecule has 0 heterocycles. The van der Waals surface area contributed by atoms with Crippen LogP contribution in [0.3, 0.4) is 0 Å². The molecule has 0 fully saturated rings. The molecular formula is C10H11NO3S. The highest BCUT2D eigenvalue weighted by atomic mass is 32.1. The van der Waals surface area contributed by atoms with Gasteiger partial charge < -0.3 is 15.6 Å². The fourth-order valence-electron chi connectivity index (χ4n) is 0.984. The standard InChI is InChI=1S/C10H11NO3S/c11-5-6-14-10(15)8-3-1-7(2-4-8)9(12)13/h1-4H,5-6,11H2,(H,12,13). The van der Waals surface area contributed by atoms with Gasteiger partial charge in [0.2, 0.25) is 0 Å². The van der Waals surface area contributed by atoms with E-state index in [0.29, 0.717) is 23.8 Å². The fourth-order valence-corrected chi connectivity index (χ4v) is 1.20. The number of carboxylic acid groups (broad SMARTS) is 1. The summed E-state index contributed by atoms with van der Waals surface area (Å²) in [6.07, 6.45) is 0. The number of rotatable bonds is 4. The number of aromatic carboxylic acids is 1. The van der Waals surface area contributed by atoms with E-state index in [9.17, 15) is 4.79 Å². The third-order valence-electron chi connectivity index (χ3n) is 1.72. The van der Waals surface area contributed by atoms with E-state index in [1.807, 2.05) is 0 Å². The molecule has 0 saturated carbocycles. The van der Waals surface area contributed by atoms with Gasteiger partial charge in [-0.2, -0.15) is 0 Å². The summed E-state index contributed by atoms with van der Waals surface area (Å²) < 4.78 is 5.14. The molecule has 0 atom stereocenters. The Kier molecular flexibility index (Phi) is 4.20. The highest BCUT2D eigenvalue weighted by Gasteiger charge is 2.05. The average molecular weight is 225 g/mol. The first-order valence-corrected chi connectivity index (χ1v) is 4.76. The van der Waals surface area contributed by atoms with Crippen molar-refractivity contribution in [2.75, 3.05) is 13.2 Å². The van der Waals surface area contributed by atoms with Crippen LogP contribution in [0.15, 0.2) is 24.3 Å². The molecule has 1 aromatic carbocycles. The van der Waals surface area contributed by atoms with Crippen molar-refractivity contribution in [3.8, 4) is 0 Å². The lowest BCUT2D eigenvalue weighted by atomic mass is 10.1. The van der Waals surface area contributed by atoms with E-state index in [4.69, 9.17) is 27.8 Å². The molecule has 80 valence electrons. The Morgan fingerprint density at radius 2 is 1.87 bits per heavy atom. The summed E-state index contributed by atoms with van der Waals surface area (Å²) in [4.78, 5) is 10.6. The largest absolute Gasteiger partial charge is 0.482 e. The summed E-state index contributed by atoms with van der Waals surface area (Å²) in [5.74, 6) is -0.963. The molecule has 0 radical (unpaired) electrons. The van der Waals surface area contributed by atoms with Crippen LogP contribution in [0.5, 0.6) is 0 Å². The number of hydrogen-bond donors (Lipinski definition) is 2. The summed E-state index contributed by atoms with van der Waals surface area (Å²) in [7, 11) is 0.